The molecule has 6 nitrogen and oxygen atoms in total. The summed E-state index contributed by atoms with van der Waals surface area (Å²) in [5.41, 5.74) is 1.63. The Kier molecular flexibility index (Phi) is 3.88. The van der Waals surface area contributed by atoms with Gasteiger partial charge in [0.1, 0.15) is 18.1 Å². The fourth-order valence-electron chi connectivity index (χ4n) is 1.65. The van der Waals surface area contributed by atoms with Gasteiger partial charge in [0.05, 0.1) is 5.69 Å². The maximum absolute atomic E-state index is 5.08. The van der Waals surface area contributed by atoms with Crippen LogP contribution in [-0.4, -0.2) is 33.4 Å². The topological polar surface area (TPSA) is 64.9 Å². The zero-order chi connectivity index (χ0) is 13.0. The van der Waals surface area contributed by atoms with Crippen molar-refractivity contribution >= 4 is 5.82 Å². The highest BCUT2D eigenvalue weighted by molar-refractivity contribution is 5.58. The van der Waals surface area contributed by atoms with Crippen molar-refractivity contribution in [3.63, 3.8) is 0 Å². The normalized spacial score (nSPS) is 10.6. The molecule has 0 amide bonds. The van der Waals surface area contributed by atoms with E-state index < -0.39 is 0 Å². The Labute approximate surface area is 106 Å². The number of nitrogens with one attached hydrogen (secondary N) is 1. The van der Waals surface area contributed by atoms with Gasteiger partial charge in [0.15, 0.2) is 5.82 Å². The Morgan fingerprint density at radius 1 is 1.33 bits per heavy atom. The van der Waals surface area contributed by atoms with E-state index in [9.17, 15) is 0 Å². The predicted molar refractivity (Wildman–Crippen MR) is 69.1 cm³/mol. The lowest BCUT2D eigenvalue weighted by Gasteiger charge is -2.07. The molecular formula is C12H17N5O. The molecule has 0 spiro atoms. The second kappa shape index (κ2) is 5.59. The summed E-state index contributed by atoms with van der Waals surface area (Å²) in [6.45, 7) is 3.22. The highest BCUT2D eigenvalue weighted by Gasteiger charge is 2.08. The average molecular weight is 247 g/mol. The van der Waals surface area contributed by atoms with E-state index in [1.165, 1.54) is 0 Å². The molecule has 0 aliphatic heterocycles. The van der Waals surface area contributed by atoms with Crippen molar-refractivity contribution in [2.45, 2.75) is 13.5 Å². The Morgan fingerprint density at radius 2 is 2.17 bits per heavy atom. The molecule has 0 saturated heterocycles. The van der Waals surface area contributed by atoms with Crippen molar-refractivity contribution in [2.24, 2.45) is 7.05 Å². The van der Waals surface area contributed by atoms with E-state index in [4.69, 9.17) is 4.74 Å². The molecule has 96 valence electrons. The third-order valence-corrected chi connectivity index (χ3v) is 2.38. The summed E-state index contributed by atoms with van der Waals surface area (Å²) in [6.07, 6.45) is 1.89. The highest BCUT2D eigenvalue weighted by Crippen LogP contribution is 2.18. The third-order valence-electron chi connectivity index (χ3n) is 2.38. The van der Waals surface area contributed by atoms with Crippen LogP contribution in [0, 0.1) is 0 Å². The molecule has 0 unspecified atom stereocenters. The number of nitrogens with zero attached hydrogens (tertiary/aromatic N) is 4. The average Bonchev–Trinajstić information content (AvgIpc) is 2.76. The van der Waals surface area contributed by atoms with Crippen LogP contribution in [0.15, 0.2) is 18.3 Å². The van der Waals surface area contributed by atoms with Gasteiger partial charge in [0.25, 0.3) is 0 Å². The molecule has 1 N–H and O–H groups in total. The summed E-state index contributed by atoms with van der Waals surface area (Å²) in [4.78, 5) is 8.80. The minimum absolute atomic E-state index is 0.388. The fraction of sp³-hybridized carbons (Fsp3) is 0.417. The first-order valence-electron chi connectivity index (χ1n) is 5.83. The largest absolute Gasteiger partial charge is 0.377 e. The monoisotopic (exact) mass is 247 g/mol. The molecule has 18 heavy (non-hydrogen) atoms. The van der Waals surface area contributed by atoms with Crippen LogP contribution in [0.2, 0.25) is 0 Å². The van der Waals surface area contributed by atoms with Crippen LogP contribution in [0.25, 0.3) is 11.4 Å². The minimum Gasteiger partial charge on any atom is -0.377 e. The molecule has 0 bridgehead atoms. The van der Waals surface area contributed by atoms with Gasteiger partial charge < -0.3 is 10.1 Å². The number of hydrogen-bond acceptors (Lipinski definition) is 5. The van der Waals surface area contributed by atoms with Gasteiger partial charge in [-0.3, -0.25) is 4.68 Å². The lowest BCUT2D eigenvalue weighted by atomic mass is 10.3. The van der Waals surface area contributed by atoms with Crippen LogP contribution in [0.1, 0.15) is 12.7 Å². The van der Waals surface area contributed by atoms with Gasteiger partial charge in [-0.15, -0.1) is 0 Å². The number of methoxy groups -OCH3 is 1. The SMILES string of the molecule is CCNc1cc(-c2ccn(C)n2)nc(COC)n1. The van der Waals surface area contributed by atoms with Crippen LogP contribution < -0.4 is 5.32 Å². The number of aromatic nitrogens is 4. The summed E-state index contributed by atoms with van der Waals surface area (Å²) in [7, 11) is 3.51. The quantitative estimate of drug-likeness (QED) is 0.866. The number of anilines is 1. The van der Waals surface area contributed by atoms with Crippen molar-refractivity contribution in [3.05, 3.63) is 24.2 Å². The van der Waals surface area contributed by atoms with Crippen molar-refractivity contribution in [2.75, 3.05) is 19.0 Å². The molecule has 2 rings (SSSR count). The molecule has 0 radical (unpaired) electrons. The van der Waals surface area contributed by atoms with Crippen LogP contribution >= 0.6 is 0 Å². The molecule has 0 fully saturated rings. The van der Waals surface area contributed by atoms with Crippen molar-refractivity contribution in [3.8, 4) is 11.4 Å². The summed E-state index contributed by atoms with van der Waals surface area (Å²) in [5.74, 6) is 1.44. The van der Waals surface area contributed by atoms with Crippen molar-refractivity contribution in [1.82, 2.24) is 19.7 Å². The maximum Gasteiger partial charge on any atom is 0.157 e. The number of ether oxygens (including phenoxy) is 1. The van der Waals surface area contributed by atoms with Gasteiger partial charge in [0, 0.05) is 33.0 Å². The molecule has 0 saturated carbocycles. The summed E-state index contributed by atoms with van der Waals surface area (Å²) in [5, 5.41) is 7.52. The summed E-state index contributed by atoms with van der Waals surface area (Å²) >= 11 is 0. The van der Waals surface area contributed by atoms with Gasteiger partial charge in [-0.2, -0.15) is 5.10 Å². The predicted octanol–water partition coefficient (Wildman–Crippen LogP) is 1.46. The summed E-state index contributed by atoms with van der Waals surface area (Å²) in [6, 6.07) is 3.82. The molecule has 2 aromatic rings. The molecule has 0 aliphatic carbocycles. The number of rotatable bonds is 5. The van der Waals surface area contributed by atoms with Crippen LogP contribution in [-0.2, 0) is 18.4 Å². The lowest BCUT2D eigenvalue weighted by molar-refractivity contribution is 0.178. The van der Waals surface area contributed by atoms with E-state index in [2.05, 4.69) is 20.4 Å². The molecule has 2 heterocycles. The van der Waals surface area contributed by atoms with E-state index in [0.29, 0.717) is 12.4 Å². The third kappa shape index (κ3) is 2.84. The minimum atomic E-state index is 0.388. The molecule has 6 heteroatoms. The van der Waals surface area contributed by atoms with Crippen LogP contribution in [0.4, 0.5) is 5.82 Å². The molecule has 0 atom stereocenters. The van der Waals surface area contributed by atoms with Crippen molar-refractivity contribution in [1.29, 1.82) is 0 Å². The van der Waals surface area contributed by atoms with E-state index in [1.807, 2.05) is 32.3 Å². The Hall–Kier alpha value is -1.95. The Bertz CT molecular complexity index is 499. The van der Waals surface area contributed by atoms with Gasteiger partial charge in [-0.05, 0) is 13.0 Å². The van der Waals surface area contributed by atoms with Gasteiger partial charge in [0.2, 0.25) is 0 Å². The van der Waals surface area contributed by atoms with Crippen molar-refractivity contribution < 1.29 is 4.74 Å². The van der Waals surface area contributed by atoms with Gasteiger partial charge >= 0.3 is 0 Å². The summed E-state index contributed by atoms with van der Waals surface area (Å²) < 4.78 is 6.83. The fourth-order valence-corrected chi connectivity index (χ4v) is 1.65. The van der Waals surface area contributed by atoms with E-state index in [0.717, 1.165) is 23.8 Å². The van der Waals surface area contributed by atoms with Gasteiger partial charge in [-0.25, -0.2) is 9.97 Å². The zero-order valence-electron chi connectivity index (χ0n) is 10.8. The Balaban J connectivity index is 2.39. The first kappa shape index (κ1) is 12.5. The zero-order valence-corrected chi connectivity index (χ0v) is 10.8. The first-order chi connectivity index (χ1) is 8.72. The molecule has 2 aromatic heterocycles. The van der Waals surface area contributed by atoms with Gasteiger partial charge in [-0.1, -0.05) is 0 Å². The lowest BCUT2D eigenvalue weighted by Crippen LogP contribution is -2.05. The second-order valence-electron chi connectivity index (χ2n) is 3.89. The molecule has 0 aromatic carbocycles. The van der Waals surface area contributed by atoms with Crippen LogP contribution in [0.3, 0.4) is 0 Å². The maximum atomic E-state index is 5.08. The van der Waals surface area contributed by atoms with E-state index in [-0.39, 0.29) is 0 Å². The van der Waals surface area contributed by atoms with Crippen LogP contribution in [0.5, 0.6) is 0 Å². The standard InChI is InChI=1S/C12H17N5O/c1-4-13-11-7-10(9-5-6-17(2)16-9)14-12(15-11)8-18-3/h5-7H,4,8H2,1-3H3,(H,13,14,15). The highest BCUT2D eigenvalue weighted by atomic mass is 16.5. The van der Waals surface area contributed by atoms with E-state index >= 15 is 0 Å². The number of aryl methyl sites for hydroxylation is 1. The van der Waals surface area contributed by atoms with E-state index in [1.54, 1.807) is 11.8 Å². The molecular weight excluding hydrogens is 230 g/mol. The molecule has 0 aliphatic rings. The smallest absolute Gasteiger partial charge is 0.157 e. The number of hydrogen-bond donors (Lipinski definition) is 1. The Morgan fingerprint density at radius 3 is 2.78 bits per heavy atom. The second-order valence-corrected chi connectivity index (χ2v) is 3.89. The first-order valence-corrected chi connectivity index (χ1v) is 5.83.